The highest BCUT2D eigenvalue weighted by molar-refractivity contribution is 6.09. The van der Waals surface area contributed by atoms with Crippen molar-refractivity contribution in [3.05, 3.63) is 70.3 Å². The summed E-state index contributed by atoms with van der Waals surface area (Å²) in [5.41, 5.74) is 4.57. The third kappa shape index (κ3) is 7.06. The number of amidine groups is 1. The van der Waals surface area contributed by atoms with Gasteiger partial charge in [-0.2, -0.15) is 0 Å². The van der Waals surface area contributed by atoms with Crippen LogP contribution in [0.1, 0.15) is 99.7 Å². The number of hydrogen-bond acceptors (Lipinski definition) is 5. The van der Waals surface area contributed by atoms with Gasteiger partial charge in [-0.3, -0.25) is 14.9 Å². The minimum Gasteiger partial charge on any atom is -0.444 e. The van der Waals surface area contributed by atoms with Gasteiger partial charge in [-0.15, -0.1) is 0 Å². The SMILES string of the molecule is CCCN(CCC)C(=O)C1=Cc2ccc(C(=O)N3CC4(CC(c5ccc(C)cc5)C4)C3)cc2N=C(NC(=O)OC(C)(C)C)C1. The van der Waals surface area contributed by atoms with Gasteiger partial charge in [0.25, 0.3) is 5.91 Å². The molecule has 234 valence electrons. The summed E-state index contributed by atoms with van der Waals surface area (Å²) in [5.74, 6) is 0.792. The van der Waals surface area contributed by atoms with Crippen LogP contribution in [0.25, 0.3) is 6.08 Å². The molecule has 2 aliphatic heterocycles. The smallest absolute Gasteiger partial charge is 0.413 e. The average Bonchev–Trinajstić information content (AvgIpc) is 3.09. The topological polar surface area (TPSA) is 91.3 Å². The molecule has 2 heterocycles. The van der Waals surface area contributed by atoms with Crippen molar-refractivity contribution in [1.29, 1.82) is 0 Å². The lowest BCUT2D eigenvalue weighted by atomic mass is 9.56. The van der Waals surface area contributed by atoms with E-state index in [9.17, 15) is 14.4 Å². The molecule has 0 bridgehead atoms. The number of nitrogens with zero attached hydrogens (tertiary/aromatic N) is 3. The van der Waals surface area contributed by atoms with Crippen LogP contribution in [-0.4, -0.2) is 65.3 Å². The minimum absolute atomic E-state index is 0.0179. The third-order valence-electron chi connectivity index (χ3n) is 8.66. The van der Waals surface area contributed by atoms with Gasteiger partial charge in [-0.05, 0) is 83.1 Å². The van der Waals surface area contributed by atoms with Gasteiger partial charge in [-0.1, -0.05) is 49.7 Å². The Bertz CT molecular complexity index is 1460. The summed E-state index contributed by atoms with van der Waals surface area (Å²) >= 11 is 0. The molecule has 1 saturated carbocycles. The van der Waals surface area contributed by atoms with Gasteiger partial charge >= 0.3 is 6.09 Å². The highest BCUT2D eigenvalue weighted by Crippen LogP contribution is 2.56. The number of fused-ring (bicyclic) bond motifs is 1. The van der Waals surface area contributed by atoms with Crippen molar-refractivity contribution in [3.63, 3.8) is 0 Å². The van der Waals surface area contributed by atoms with Gasteiger partial charge in [0, 0.05) is 54.7 Å². The molecular formula is C36H46N4O4. The van der Waals surface area contributed by atoms with Crippen LogP contribution in [0.3, 0.4) is 0 Å². The van der Waals surface area contributed by atoms with E-state index in [-0.39, 0.29) is 23.7 Å². The number of alkyl carbamates (subject to hydrolysis) is 1. The quantitative estimate of drug-likeness (QED) is 0.371. The standard InChI is InChI=1S/C36H46N4O4/c1-7-15-39(16-8-2)33(42)28-17-26-13-14-27(18-30(26)37-31(19-28)38-34(43)44-35(4,5)6)32(41)40-22-36(23-40)20-29(21-36)25-11-9-24(3)10-12-25/h9-14,17-18,29H,7-8,15-16,19-23H2,1-6H3,(H,37,38,43). The van der Waals surface area contributed by atoms with E-state index >= 15 is 0 Å². The first-order valence-corrected chi connectivity index (χ1v) is 16.0. The molecule has 8 nitrogen and oxygen atoms in total. The predicted molar refractivity (Wildman–Crippen MR) is 174 cm³/mol. The molecule has 44 heavy (non-hydrogen) atoms. The van der Waals surface area contributed by atoms with Crippen LogP contribution in [0.5, 0.6) is 0 Å². The van der Waals surface area contributed by atoms with Crippen LogP contribution >= 0.6 is 0 Å². The fraction of sp³-hybridized carbons (Fsp3) is 0.500. The molecule has 1 N–H and O–H groups in total. The van der Waals surface area contributed by atoms with Crippen LogP contribution in [0.15, 0.2) is 53.0 Å². The van der Waals surface area contributed by atoms with E-state index in [4.69, 9.17) is 9.73 Å². The molecule has 0 atom stereocenters. The Kier molecular flexibility index (Phi) is 9.00. The Balaban J connectivity index is 1.34. The molecule has 1 saturated heterocycles. The molecular weight excluding hydrogens is 552 g/mol. The zero-order valence-corrected chi connectivity index (χ0v) is 27.0. The number of carbonyl (C=O) groups excluding carboxylic acids is 3. The number of nitrogens with one attached hydrogen (secondary N) is 1. The van der Waals surface area contributed by atoms with Crippen LogP contribution in [0, 0.1) is 12.3 Å². The Morgan fingerprint density at radius 1 is 1.02 bits per heavy atom. The molecule has 8 heteroatoms. The van der Waals surface area contributed by atoms with Gasteiger partial charge in [0.05, 0.1) is 5.69 Å². The number of aliphatic imine (C=N–C) groups is 1. The van der Waals surface area contributed by atoms with Gasteiger partial charge in [0.2, 0.25) is 5.91 Å². The maximum absolute atomic E-state index is 13.6. The minimum atomic E-state index is -0.685. The number of rotatable bonds is 7. The fourth-order valence-electron chi connectivity index (χ4n) is 6.60. The summed E-state index contributed by atoms with van der Waals surface area (Å²) in [7, 11) is 0. The molecule has 2 aromatic rings. The molecule has 0 radical (unpaired) electrons. The van der Waals surface area contributed by atoms with Crippen molar-refractivity contribution in [3.8, 4) is 0 Å². The molecule has 1 aliphatic carbocycles. The van der Waals surface area contributed by atoms with Crippen molar-refractivity contribution in [2.45, 2.75) is 85.2 Å². The number of benzene rings is 2. The van der Waals surface area contributed by atoms with E-state index in [0.29, 0.717) is 41.7 Å². The maximum Gasteiger partial charge on any atom is 0.413 e. The first kappa shape index (κ1) is 31.5. The number of likely N-dealkylation sites (tertiary alicyclic amines) is 1. The lowest BCUT2D eigenvalue weighted by Crippen LogP contribution is -2.63. The predicted octanol–water partition coefficient (Wildman–Crippen LogP) is 7.01. The normalized spacial score (nSPS) is 17.4. The van der Waals surface area contributed by atoms with Crippen molar-refractivity contribution >= 4 is 35.5 Å². The van der Waals surface area contributed by atoms with Gasteiger partial charge in [0.1, 0.15) is 11.4 Å². The monoisotopic (exact) mass is 598 g/mol. The fourth-order valence-corrected chi connectivity index (χ4v) is 6.60. The molecule has 1 spiro atoms. The Labute approximate surface area is 261 Å². The molecule has 0 unspecified atom stereocenters. The molecule has 3 aliphatic rings. The van der Waals surface area contributed by atoms with Gasteiger partial charge in [-0.25, -0.2) is 9.79 Å². The Morgan fingerprint density at radius 3 is 2.30 bits per heavy atom. The summed E-state index contributed by atoms with van der Waals surface area (Å²) in [4.78, 5) is 48.4. The number of amides is 3. The number of hydrogen-bond donors (Lipinski definition) is 1. The van der Waals surface area contributed by atoms with E-state index < -0.39 is 11.7 Å². The van der Waals surface area contributed by atoms with Gasteiger partial charge < -0.3 is 14.5 Å². The third-order valence-corrected chi connectivity index (χ3v) is 8.66. The Hall–Kier alpha value is -3.94. The van der Waals surface area contributed by atoms with Gasteiger partial charge in [0.15, 0.2) is 0 Å². The summed E-state index contributed by atoms with van der Waals surface area (Å²) < 4.78 is 5.48. The van der Waals surface area contributed by atoms with Crippen LogP contribution in [-0.2, 0) is 9.53 Å². The van der Waals surface area contributed by atoms with Crippen molar-refractivity contribution in [1.82, 2.24) is 15.1 Å². The Morgan fingerprint density at radius 2 is 1.68 bits per heavy atom. The van der Waals surface area contributed by atoms with Crippen molar-refractivity contribution in [2.24, 2.45) is 10.4 Å². The van der Waals surface area contributed by atoms with Crippen LogP contribution < -0.4 is 5.32 Å². The molecule has 0 aromatic heterocycles. The summed E-state index contributed by atoms with van der Waals surface area (Å²) in [6.45, 7) is 14.4. The second kappa shape index (κ2) is 12.6. The highest BCUT2D eigenvalue weighted by atomic mass is 16.6. The van der Waals surface area contributed by atoms with Crippen molar-refractivity contribution in [2.75, 3.05) is 26.2 Å². The number of carbonyl (C=O) groups is 3. The average molecular weight is 599 g/mol. The molecule has 2 aromatic carbocycles. The lowest BCUT2D eigenvalue weighted by Gasteiger charge is -2.59. The number of ether oxygens (including phenoxy) is 1. The zero-order chi connectivity index (χ0) is 31.6. The first-order valence-electron chi connectivity index (χ1n) is 16.0. The first-order chi connectivity index (χ1) is 20.9. The largest absolute Gasteiger partial charge is 0.444 e. The van der Waals surface area contributed by atoms with E-state index in [1.807, 2.05) is 28.0 Å². The van der Waals surface area contributed by atoms with Crippen molar-refractivity contribution < 1.29 is 19.1 Å². The van der Waals surface area contributed by atoms with E-state index in [2.05, 4.69) is 50.4 Å². The van der Waals surface area contributed by atoms with E-state index in [0.717, 1.165) is 44.3 Å². The zero-order valence-electron chi connectivity index (χ0n) is 27.0. The second-order valence-corrected chi connectivity index (χ2v) is 13.8. The lowest BCUT2D eigenvalue weighted by molar-refractivity contribution is -0.127. The number of aryl methyl sites for hydroxylation is 1. The summed E-state index contributed by atoms with van der Waals surface area (Å²) in [6, 6.07) is 14.3. The maximum atomic E-state index is 13.6. The molecule has 3 amide bonds. The summed E-state index contributed by atoms with van der Waals surface area (Å²) in [5, 5.41) is 2.77. The molecule has 2 fully saturated rings. The second-order valence-electron chi connectivity index (χ2n) is 13.8. The van der Waals surface area contributed by atoms with Crippen LogP contribution in [0.4, 0.5) is 10.5 Å². The highest BCUT2D eigenvalue weighted by Gasteiger charge is 2.53. The van der Waals surface area contributed by atoms with Crippen LogP contribution in [0.2, 0.25) is 0 Å². The summed E-state index contributed by atoms with van der Waals surface area (Å²) in [6.07, 6.45) is 5.29. The molecule has 5 rings (SSSR count). The van der Waals surface area contributed by atoms with E-state index in [1.54, 1.807) is 26.8 Å². The van der Waals surface area contributed by atoms with E-state index in [1.165, 1.54) is 11.1 Å².